The second kappa shape index (κ2) is 10.7. The molecule has 0 spiro atoms. The third kappa shape index (κ3) is 5.93. The summed E-state index contributed by atoms with van der Waals surface area (Å²) in [4.78, 5) is 4.85. The number of terminal acetylenes is 1. The Kier molecular flexibility index (Phi) is 8.07. The van der Waals surface area contributed by atoms with Gasteiger partial charge in [-0.05, 0) is 24.5 Å². The zero-order valence-electron chi connectivity index (χ0n) is 18.2. The Bertz CT molecular complexity index is 757. The highest BCUT2D eigenvalue weighted by Gasteiger charge is 2.27. The summed E-state index contributed by atoms with van der Waals surface area (Å²) in [5.74, 6) is 2.68. The second-order valence-electron chi connectivity index (χ2n) is 8.25. The van der Waals surface area contributed by atoms with E-state index >= 15 is 0 Å². The zero-order valence-corrected chi connectivity index (χ0v) is 18.2. The Morgan fingerprint density at radius 1 is 1.00 bits per heavy atom. The van der Waals surface area contributed by atoms with Crippen LogP contribution < -0.4 is 0 Å². The highest BCUT2D eigenvalue weighted by atomic mass is 16.5. The summed E-state index contributed by atoms with van der Waals surface area (Å²) < 4.78 is 5.78. The molecule has 2 aromatic rings. The largest absolute Gasteiger partial charge is 0.389 e. The van der Waals surface area contributed by atoms with Crippen molar-refractivity contribution in [2.45, 2.75) is 38.0 Å². The fraction of sp³-hybridized carbons (Fsp3) is 0.462. The molecule has 0 saturated carbocycles. The summed E-state index contributed by atoms with van der Waals surface area (Å²) in [6.45, 7) is 8.54. The van der Waals surface area contributed by atoms with Crippen molar-refractivity contribution in [2.75, 3.05) is 39.3 Å². The quantitative estimate of drug-likeness (QED) is 0.646. The minimum absolute atomic E-state index is 0.253. The minimum Gasteiger partial charge on any atom is -0.389 e. The third-order valence-electron chi connectivity index (χ3n) is 6.05. The van der Waals surface area contributed by atoms with Crippen LogP contribution in [0.2, 0.25) is 0 Å². The second-order valence-corrected chi connectivity index (χ2v) is 8.25. The van der Waals surface area contributed by atoms with E-state index in [2.05, 4.69) is 76.4 Å². The van der Waals surface area contributed by atoms with E-state index in [1.807, 2.05) is 13.8 Å². The van der Waals surface area contributed by atoms with Crippen LogP contribution in [0, 0.1) is 12.3 Å². The molecule has 1 aliphatic rings. The minimum atomic E-state index is -0.599. The molecule has 4 heteroatoms. The lowest BCUT2D eigenvalue weighted by atomic mass is 9.96. The normalized spacial score (nSPS) is 18.6. The number of rotatable bonds is 9. The van der Waals surface area contributed by atoms with Gasteiger partial charge < -0.3 is 9.84 Å². The van der Waals surface area contributed by atoms with E-state index < -0.39 is 11.7 Å². The van der Waals surface area contributed by atoms with E-state index in [0.717, 1.165) is 32.6 Å². The van der Waals surface area contributed by atoms with E-state index in [4.69, 9.17) is 11.2 Å². The molecule has 4 nitrogen and oxygen atoms in total. The first kappa shape index (κ1) is 22.5. The number of ether oxygens (including phenoxy) is 1. The predicted octanol–water partition coefficient (Wildman–Crippen LogP) is 3.57. The topological polar surface area (TPSA) is 35.9 Å². The Balaban J connectivity index is 1.57. The molecule has 0 amide bonds. The first-order chi connectivity index (χ1) is 14.5. The molecular formula is C26H34N2O2. The first-order valence-corrected chi connectivity index (χ1v) is 10.9. The Morgan fingerprint density at radius 2 is 1.53 bits per heavy atom. The number of piperazine rings is 1. The van der Waals surface area contributed by atoms with Crippen molar-refractivity contribution in [3.63, 3.8) is 0 Å². The maximum Gasteiger partial charge on any atom is 0.125 e. The van der Waals surface area contributed by atoms with Gasteiger partial charge in [0.2, 0.25) is 0 Å². The van der Waals surface area contributed by atoms with Gasteiger partial charge in [-0.15, -0.1) is 6.42 Å². The molecule has 1 aliphatic heterocycles. The average molecular weight is 407 g/mol. The van der Waals surface area contributed by atoms with Crippen molar-refractivity contribution in [3.05, 3.63) is 71.8 Å². The molecule has 1 saturated heterocycles. The molecule has 0 unspecified atom stereocenters. The van der Waals surface area contributed by atoms with Crippen molar-refractivity contribution < 1.29 is 9.84 Å². The van der Waals surface area contributed by atoms with Gasteiger partial charge in [0, 0.05) is 32.7 Å². The summed E-state index contributed by atoms with van der Waals surface area (Å²) in [6.07, 6.45) is 5.75. The average Bonchev–Trinajstić information content (AvgIpc) is 2.80. The number of benzene rings is 2. The van der Waals surface area contributed by atoms with Gasteiger partial charge >= 0.3 is 0 Å². The van der Waals surface area contributed by atoms with Crippen LogP contribution in [-0.2, 0) is 4.74 Å². The van der Waals surface area contributed by atoms with Crippen LogP contribution in [0.15, 0.2) is 60.7 Å². The number of aliphatic hydroxyl groups excluding tert-OH is 1. The van der Waals surface area contributed by atoms with Crippen LogP contribution in [0.4, 0.5) is 0 Å². The lowest BCUT2D eigenvalue weighted by Crippen LogP contribution is -2.50. The van der Waals surface area contributed by atoms with Crippen molar-refractivity contribution in [1.29, 1.82) is 0 Å². The Morgan fingerprint density at radius 3 is 2.00 bits per heavy atom. The van der Waals surface area contributed by atoms with Gasteiger partial charge in [-0.3, -0.25) is 9.80 Å². The number of β-amino-alcohol motifs (C(OH)–C–C–N with tert-alkyl or cyclic N) is 1. The molecular weight excluding hydrogens is 372 g/mol. The van der Waals surface area contributed by atoms with Crippen molar-refractivity contribution in [1.82, 2.24) is 9.80 Å². The van der Waals surface area contributed by atoms with Crippen LogP contribution in [0.3, 0.4) is 0 Å². The molecule has 30 heavy (non-hydrogen) atoms. The van der Waals surface area contributed by atoms with Gasteiger partial charge in [0.25, 0.3) is 0 Å². The molecule has 0 bridgehead atoms. The van der Waals surface area contributed by atoms with Crippen molar-refractivity contribution in [3.8, 4) is 12.3 Å². The lowest BCUT2D eigenvalue weighted by Gasteiger charge is -2.40. The van der Waals surface area contributed by atoms with Gasteiger partial charge in [0.05, 0.1) is 18.8 Å². The smallest absolute Gasteiger partial charge is 0.125 e. The van der Waals surface area contributed by atoms with Crippen LogP contribution in [0.25, 0.3) is 0 Å². The molecule has 160 valence electrons. The fourth-order valence-corrected chi connectivity index (χ4v) is 3.97. The van der Waals surface area contributed by atoms with Crippen molar-refractivity contribution in [2.24, 2.45) is 0 Å². The third-order valence-corrected chi connectivity index (χ3v) is 6.05. The van der Waals surface area contributed by atoms with E-state index in [1.54, 1.807) is 0 Å². The van der Waals surface area contributed by atoms with Gasteiger partial charge in [0.15, 0.2) is 0 Å². The number of hydrogen-bond acceptors (Lipinski definition) is 4. The summed E-state index contributed by atoms with van der Waals surface area (Å²) >= 11 is 0. The molecule has 1 N–H and O–H groups in total. The van der Waals surface area contributed by atoms with E-state index in [0.29, 0.717) is 6.54 Å². The highest BCUT2D eigenvalue weighted by Crippen LogP contribution is 2.29. The SMILES string of the molecule is C#C[C@@](C)(CC)OC[C@H](O)CN1CCN(C(c2ccccc2)c2ccccc2)CC1. The number of hydrogen-bond donors (Lipinski definition) is 1. The lowest BCUT2D eigenvalue weighted by molar-refractivity contribution is -0.0506. The maximum absolute atomic E-state index is 10.4. The van der Waals surface area contributed by atoms with Gasteiger partial charge in [-0.25, -0.2) is 0 Å². The maximum atomic E-state index is 10.4. The monoisotopic (exact) mass is 406 g/mol. The van der Waals surface area contributed by atoms with Crippen LogP contribution in [-0.4, -0.2) is 65.9 Å². The van der Waals surface area contributed by atoms with Gasteiger partial charge in [0.1, 0.15) is 5.60 Å². The van der Waals surface area contributed by atoms with Gasteiger partial charge in [-0.1, -0.05) is 73.5 Å². The molecule has 2 aromatic carbocycles. The molecule has 0 aromatic heterocycles. The van der Waals surface area contributed by atoms with Crippen molar-refractivity contribution >= 4 is 0 Å². The fourth-order valence-electron chi connectivity index (χ4n) is 3.97. The molecule has 3 rings (SSSR count). The summed E-state index contributed by atoms with van der Waals surface area (Å²) in [7, 11) is 0. The van der Waals surface area contributed by atoms with Crippen LogP contribution in [0.5, 0.6) is 0 Å². The molecule has 0 radical (unpaired) electrons. The van der Waals surface area contributed by atoms with E-state index in [1.165, 1.54) is 11.1 Å². The molecule has 0 aliphatic carbocycles. The van der Waals surface area contributed by atoms with Gasteiger partial charge in [-0.2, -0.15) is 0 Å². The Hall–Kier alpha value is -2.16. The van der Waals surface area contributed by atoms with E-state index in [9.17, 15) is 5.11 Å². The molecule has 1 fully saturated rings. The van der Waals surface area contributed by atoms with Crippen LogP contribution in [0.1, 0.15) is 37.4 Å². The predicted molar refractivity (Wildman–Crippen MR) is 122 cm³/mol. The summed E-state index contributed by atoms with van der Waals surface area (Å²) in [6, 6.07) is 21.7. The summed E-state index contributed by atoms with van der Waals surface area (Å²) in [5, 5.41) is 10.4. The summed E-state index contributed by atoms with van der Waals surface area (Å²) in [5.41, 5.74) is 2.04. The number of nitrogens with zero attached hydrogens (tertiary/aromatic N) is 2. The van der Waals surface area contributed by atoms with Crippen LogP contribution >= 0.6 is 0 Å². The number of aliphatic hydroxyl groups is 1. The Labute approximate surface area is 181 Å². The highest BCUT2D eigenvalue weighted by molar-refractivity contribution is 5.31. The standard InChI is InChI=1S/C26H34N2O2/c1-4-26(3,5-2)30-21-24(29)20-27-16-18-28(19-17-27)25(22-12-8-6-9-13-22)23-14-10-7-11-15-23/h1,6-15,24-25,29H,5,16-21H2,2-3H3/t24-,26+/m1/s1. The molecule has 1 heterocycles. The molecule has 2 atom stereocenters. The van der Waals surface area contributed by atoms with E-state index in [-0.39, 0.29) is 12.6 Å². The zero-order chi connectivity index (χ0) is 21.4. The first-order valence-electron chi connectivity index (χ1n) is 10.9.